The Balaban J connectivity index is 2.27. The fourth-order valence-corrected chi connectivity index (χ4v) is 3.17. The van der Waals surface area contributed by atoms with Gasteiger partial charge >= 0.3 is 0 Å². The molecule has 0 aliphatic rings. The molecule has 2 unspecified atom stereocenters. The number of aliphatic hydroxyl groups is 1. The Morgan fingerprint density at radius 2 is 1.52 bits per heavy atom. The van der Waals surface area contributed by atoms with Crippen LogP contribution in [0.1, 0.15) is 17.0 Å². The van der Waals surface area contributed by atoms with E-state index in [2.05, 4.69) is 0 Å². The zero-order valence-electron chi connectivity index (χ0n) is 12.3. The summed E-state index contributed by atoms with van der Waals surface area (Å²) in [5.41, 5.74) is 6.87. The summed E-state index contributed by atoms with van der Waals surface area (Å²) in [5.74, 6) is -1.39. The van der Waals surface area contributed by atoms with E-state index in [9.17, 15) is 9.90 Å². The quantitative estimate of drug-likeness (QED) is 0.771. The molecule has 0 aliphatic heterocycles. The van der Waals surface area contributed by atoms with Gasteiger partial charge in [0.05, 0.1) is 0 Å². The molecule has 3 aromatic carbocycles. The highest BCUT2D eigenvalue weighted by Crippen LogP contribution is 2.36. The number of carbonyl (C=O) groups excluding carboxylic acids is 1. The highest BCUT2D eigenvalue weighted by molar-refractivity contribution is 6.31. The standard InChI is InChI=1S/C19H16ClNO2/c20-16-11-4-3-9-15(16)17(18(22)19(21)23)14-10-5-7-12-6-1-2-8-13(12)14/h1-11,17-18,22H,(H2,21,23). The molecule has 0 radical (unpaired) electrons. The van der Waals surface area contributed by atoms with E-state index in [4.69, 9.17) is 17.3 Å². The predicted molar refractivity (Wildman–Crippen MR) is 92.4 cm³/mol. The third kappa shape index (κ3) is 2.93. The number of hydrogen-bond donors (Lipinski definition) is 2. The zero-order chi connectivity index (χ0) is 16.4. The van der Waals surface area contributed by atoms with Gasteiger partial charge in [-0.1, -0.05) is 72.3 Å². The number of hydrogen-bond acceptors (Lipinski definition) is 2. The topological polar surface area (TPSA) is 63.3 Å². The number of rotatable bonds is 4. The average molecular weight is 326 g/mol. The van der Waals surface area contributed by atoms with Crippen molar-refractivity contribution in [3.63, 3.8) is 0 Å². The fraction of sp³-hybridized carbons (Fsp3) is 0.105. The zero-order valence-corrected chi connectivity index (χ0v) is 13.1. The maximum absolute atomic E-state index is 11.7. The molecule has 2 atom stereocenters. The van der Waals surface area contributed by atoms with Crippen LogP contribution in [0.4, 0.5) is 0 Å². The number of benzene rings is 3. The van der Waals surface area contributed by atoms with Gasteiger partial charge in [0.15, 0.2) is 0 Å². The van der Waals surface area contributed by atoms with Crippen molar-refractivity contribution in [3.05, 3.63) is 82.9 Å². The van der Waals surface area contributed by atoms with E-state index in [1.54, 1.807) is 12.1 Å². The van der Waals surface area contributed by atoms with Crippen molar-refractivity contribution in [3.8, 4) is 0 Å². The van der Waals surface area contributed by atoms with Gasteiger partial charge in [0, 0.05) is 10.9 Å². The highest BCUT2D eigenvalue weighted by Gasteiger charge is 2.30. The van der Waals surface area contributed by atoms with E-state index in [0.717, 1.165) is 16.3 Å². The number of halogens is 1. The molecule has 3 N–H and O–H groups in total. The number of aliphatic hydroxyl groups excluding tert-OH is 1. The molecule has 0 saturated carbocycles. The number of amides is 1. The lowest BCUT2D eigenvalue weighted by molar-refractivity contribution is -0.126. The first-order valence-electron chi connectivity index (χ1n) is 7.29. The Bertz CT molecular complexity index is 857. The SMILES string of the molecule is NC(=O)C(O)C(c1ccccc1Cl)c1cccc2ccccc12. The number of nitrogens with two attached hydrogens (primary N) is 1. The van der Waals surface area contributed by atoms with Crippen LogP contribution in [0, 0.1) is 0 Å². The minimum absolute atomic E-state index is 0.491. The lowest BCUT2D eigenvalue weighted by Gasteiger charge is -2.24. The minimum atomic E-state index is -1.36. The first-order valence-corrected chi connectivity index (χ1v) is 7.67. The van der Waals surface area contributed by atoms with Crippen LogP contribution in [0.15, 0.2) is 66.7 Å². The van der Waals surface area contributed by atoms with Crippen LogP contribution in [-0.2, 0) is 4.79 Å². The van der Waals surface area contributed by atoms with E-state index in [-0.39, 0.29) is 0 Å². The van der Waals surface area contributed by atoms with Gasteiger partial charge in [-0.05, 0) is 28.0 Å². The molecule has 0 aliphatic carbocycles. The van der Waals surface area contributed by atoms with Gasteiger partial charge in [0.25, 0.3) is 0 Å². The first kappa shape index (κ1) is 15.5. The molecule has 3 rings (SSSR count). The molecule has 0 saturated heterocycles. The van der Waals surface area contributed by atoms with Crippen LogP contribution < -0.4 is 5.73 Å². The van der Waals surface area contributed by atoms with Crippen LogP contribution in [-0.4, -0.2) is 17.1 Å². The van der Waals surface area contributed by atoms with Crippen LogP contribution in [0.3, 0.4) is 0 Å². The van der Waals surface area contributed by atoms with Gasteiger partial charge in [0.2, 0.25) is 5.91 Å². The largest absolute Gasteiger partial charge is 0.382 e. The smallest absolute Gasteiger partial charge is 0.247 e. The Hall–Kier alpha value is -2.36. The number of carbonyl (C=O) groups is 1. The van der Waals surface area contributed by atoms with Crippen LogP contribution >= 0.6 is 11.6 Å². The van der Waals surface area contributed by atoms with Crippen LogP contribution in [0.5, 0.6) is 0 Å². The molecule has 0 heterocycles. The maximum atomic E-state index is 11.7. The van der Waals surface area contributed by atoms with Gasteiger partial charge in [-0.25, -0.2) is 0 Å². The Morgan fingerprint density at radius 1 is 0.913 bits per heavy atom. The summed E-state index contributed by atoms with van der Waals surface area (Å²) in [4.78, 5) is 11.7. The van der Waals surface area contributed by atoms with Gasteiger partial charge < -0.3 is 10.8 Å². The molecule has 23 heavy (non-hydrogen) atoms. The third-order valence-corrected chi connectivity index (χ3v) is 4.35. The molecule has 4 heteroatoms. The summed E-state index contributed by atoms with van der Waals surface area (Å²) >= 11 is 6.31. The minimum Gasteiger partial charge on any atom is -0.382 e. The molecule has 116 valence electrons. The molecule has 1 amide bonds. The van der Waals surface area contributed by atoms with E-state index < -0.39 is 17.9 Å². The summed E-state index contributed by atoms with van der Waals surface area (Å²) in [6.45, 7) is 0. The van der Waals surface area contributed by atoms with Crippen molar-refractivity contribution >= 4 is 28.3 Å². The van der Waals surface area contributed by atoms with E-state index in [0.29, 0.717) is 10.6 Å². The van der Waals surface area contributed by atoms with Crippen molar-refractivity contribution in [1.82, 2.24) is 0 Å². The Kier molecular flexibility index (Phi) is 4.33. The highest BCUT2D eigenvalue weighted by atomic mass is 35.5. The molecular formula is C19H16ClNO2. The predicted octanol–water partition coefficient (Wildman–Crippen LogP) is 3.47. The van der Waals surface area contributed by atoms with E-state index in [1.807, 2.05) is 54.6 Å². The summed E-state index contributed by atoms with van der Waals surface area (Å²) in [6, 6.07) is 20.8. The summed E-state index contributed by atoms with van der Waals surface area (Å²) in [7, 11) is 0. The molecular weight excluding hydrogens is 310 g/mol. The molecule has 0 spiro atoms. The van der Waals surface area contributed by atoms with E-state index in [1.165, 1.54) is 0 Å². The lowest BCUT2D eigenvalue weighted by Crippen LogP contribution is -2.34. The monoisotopic (exact) mass is 325 g/mol. The normalized spacial score (nSPS) is 13.7. The number of fused-ring (bicyclic) bond motifs is 1. The van der Waals surface area contributed by atoms with Gasteiger partial charge in [-0.2, -0.15) is 0 Å². The number of primary amides is 1. The lowest BCUT2D eigenvalue weighted by atomic mass is 9.83. The van der Waals surface area contributed by atoms with Crippen molar-refractivity contribution in [2.24, 2.45) is 5.73 Å². The molecule has 0 fully saturated rings. The second kappa shape index (κ2) is 6.41. The van der Waals surface area contributed by atoms with Crippen LogP contribution in [0.25, 0.3) is 10.8 Å². The Labute approximate surface area is 139 Å². The summed E-state index contributed by atoms with van der Waals surface area (Å²) < 4.78 is 0. The maximum Gasteiger partial charge on any atom is 0.247 e. The average Bonchev–Trinajstić information content (AvgIpc) is 2.57. The molecule has 0 bridgehead atoms. The van der Waals surface area contributed by atoms with Gasteiger partial charge in [-0.3, -0.25) is 4.79 Å². The molecule has 3 aromatic rings. The summed E-state index contributed by atoms with van der Waals surface area (Å²) in [6.07, 6.45) is -1.36. The fourth-order valence-electron chi connectivity index (χ4n) is 2.92. The molecule has 0 aromatic heterocycles. The van der Waals surface area contributed by atoms with Crippen LogP contribution in [0.2, 0.25) is 5.02 Å². The van der Waals surface area contributed by atoms with Gasteiger partial charge in [-0.15, -0.1) is 0 Å². The van der Waals surface area contributed by atoms with Gasteiger partial charge in [0.1, 0.15) is 6.10 Å². The van der Waals surface area contributed by atoms with Crippen molar-refractivity contribution < 1.29 is 9.90 Å². The second-order valence-corrected chi connectivity index (χ2v) is 5.82. The first-order chi connectivity index (χ1) is 11.1. The van der Waals surface area contributed by atoms with E-state index >= 15 is 0 Å². The second-order valence-electron chi connectivity index (χ2n) is 5.41. The van der Waals surface area contributed by atoms with Crippen molar-refractivity contribution in [1.29, 1.82) is 0 Å². The van der Waals surface area contributed by atoms with Crippen molar-refractivity contribution in [2.75, 3.05) is 0 Å². The Morgan fingerprint density at radius 3 is 2.26 bits per heavy atom. The van der Waals surface area contributed by atoms with Crippen molar-refractivity contribution in [2.45, 2.75) is 12.0 Å². The summed E-state index contributed by atoms with van der Waals surface area (Å²) in [5, 5.41) is 12.9. The third-order valence-electron chi connectivity index (χ3n) is 4.01. The molecule has 3 nitrogen and oxygen atoms in total.